The summed E-state index contributed by atoms with van der Waals surface area (Å²) in [6.07, 6.45) is 4.93. The Labute approximate surface area is 91.4 Å². The fraction of sp³-hybridized carbons (Fsp3) is 0.909. The average Bonchev–Trinajstić information content (AvgIpc) is 3.05. The molecule has 0 heterocycles. The summed E-state index contributed by atoms with van der Waals surface area (Å²) in [5, 5.41) is 8.89. The van der Waals surface area contributed by atoms with Crippen LogP contribution in [0.5, 0.6) is 0 Å². The van der Waals surface area contributed by atoms with Gasteiger partial charge < -0.3 is 15.7 Å². The Hall–Kier alpha value is -0.610. The second-order valence-electron chi connectivity index (χ2n) is 4.24. The lowest BCUT2D eigenvalue weighted by molar-refractivity contribution is -0.133. The molecule has 1 rings (SSSR count). The molecular formula is C11H22N2O2. The van der Waals surface area contributed by atoms with Gasteiger partial charge in [-0.25, -0.2) is 0 Å². The number of hydrogen-bond acceptors (Lipinski definition) is 3. The molecule has 1 amide bonds. The molecule has 0 saturated heterocycles. The Morgan fingerprint density at radius 1 is 1.60 bits per heavy atom. The smallest absolute Gasteiger partial charge is 0.239 e. The van der Waals surface area contributed by atoms with E-state index in [1.807, 2.05) is 0 Å². The molecule has 88 valence electrons. The Balaban J connectivity index is 2.39. The molecule has 1 atom stereocenters. The van der Waals surface area contributed by atoms with Crippen molar-refractivity contribution in [1.82, 2.24) is 4.90 Å². The van der Waals surface area contributed by atoms with E-state index < -0.39 is 0 Å². The van der Waals surface area contributed by atoms with Gasteiger partial charge in [0.15, 0.2) is 0 Å². The number of carbonyl (C=O) groups is 1. The van der Waals surface area contributed by atoms with Crippen molar-refractivity contribution in [3.63, 3.8) is 0 Å². The summed E-state index contributed by atoms with van der Waals surface area (Å²) in [7, 11) is 0. The van der Waals surface area contributed by atoms with Gasteiger partial charge >= 0.3 is 0 Å². The fourth-order valence-corrected chi connectivity index (χ4v) is 1.73. The molecule has 0 aromatic carbocycles. The predicted octanol–water partition coefficient (Wildman–Crippen LogP) is 0.487. The van der Waals surface area contributed by atoms with Gasteiger partial charge in [0.1, 0.15) is 0 Å². The highest BCUT2D eigenvalue weighted by Gasteiger charge is 2.33. The van der Waals surface area contributed by atoms with Crippen molar-refractivity contribution in [2.24, 2.45) is 5.73 Å². The zero-order chi connectivity index (χ0) is 11.3. The summed E-state index contributed by atoms with van der Waals surface area (Å²) in [6.45, 7) is 2.55. The van der Waals surface area contributed by atoms with Gasteiger partial charge in [-0.1, -0.05) is 19.8 Å². The normalized spacial score (nSPS) is 17.5. The molecular weight excluding hydrogens is 192 g/mol. The first-order valence-corrected chi connectivity index (χ1v) is 5.87. The minimum Gasteiger partial charge on any atom is -0.395 e. The van der Waals surface area contributed by atoms with Gasteiger partial charge in [0, 0.05) is 12.6 Å². The van der Waals surface area contributed by atoms with Gasteiger partial charge in [-0.05, 0) is 19.3 Å². The van der Waals surface area contributed by atoms with Crippen molar-refractivity contribution in [1.29, 1.82) is 0 Å². The molecule has 4 heteroatoms. The number of carbonyl (C=O) groups excluding carboxylic acids is 1. The number of nitrogens with two attached hydrogens (primary N) is 1. The third-order valence-electron chi connectivity index (χ3n) is 2.80. The number of unbranched alkanes of at least 4 members (excludes halogenated alkanes) is 1. The Morgan fingerprint density at radius 3 is 2.73 bits per heavy atom. The molecule has 1 aliphatic carbocycles. The second-order valence-corrected chi connectivity index (χ2v) is 4.24. The largest absolute Gasteiger partial charge is 0.395 e. The van der Waals surface area contributed by atoms with Crippen LogP contribution in [0.3, 0.4) is 0 Å². The van der Waals surface area contributed by atoms with Crippen LogP contribution in [0.2, 0.25) is 0 Å². The zero-order valence-electron chi connectivity index (χ0n) is 9.48. The van der Waals surface area contributed by atoms with E-state index in [0.29, 0.717) is 12.6 Å². The average molecular weight is 214 g/mol. The lowest BCUT2D eigenvalue weighted by Gasteiger charge is -2.24. The van der Waals surface area contributed by atoms with Crippen LogP contribution in [0.15, 0.2) is 0 Å². The first-order chi connectivity index (χ1) is 7.20. The summed E-state index contributed by atoms with van der Waals surface area (Å²) in [6, 6.07) is -0.0329. The highest BCUT2D eigenvalue weighted by atomic mass is 16.3. The van der Waals surface area contributed by atoms with E-state index >= 15 is 0 Å². The molecule has 15 heavy (non-hydrogen) atoms. The quantitative estimate of drug-likeness (QED) is 0.648. The van der Waals surface area contributed by atoms with E-state index in [4.69, 9.17) is 10.8 Å². The highest BCUT2D eigenvalue weighted by molar-refractivity contribution is 5.82. The molecule has 0 aromatic heterocycles. The highest BCUT2D eigenvalue weighted by Crippen LogP contribution is 2.27. The first-order valence-electron chi connectivity index (χ1n) is 5.87. The van der Waals surface area contributed by atoms with Gasteiger partial charge in [0.25, 0.3) is 0 Å². The summed E-state index contributed by atoms with van der Waals surface area (Å²) in [4.78, 5) is 13.7. The molecule has 0 radical (unpaired) electrons. The third kappa shape index (κ3) is 3.80. The maximum Gasteiger partial charge on any atom is 0.239 e. The van der Waals surface area contributed by atoms with Crippen LogP contribution in [0, 0.1) is 0 Å². The minimum atomic E-state index is -0.378. The molecule has 1 fully saturated rings. The van der Waals surface area contributed by atoms with E-state index in [1.54, 1.807) is 4.90 Å². The summed E-state index contributed by atoms with van der Waals surface area (Å²) in [5.41, 5.74) is 5.83. The van der Waals surface area contributed by atoms with Crippen LogP contribution in [-0.2, 0) is 4.79 Å². The first kappa shape index (κ1) is 12.5. The van der Waals surface area contributed by atoms with Gasteiger partial charge in [0.05, 0.1) is 12.6 Å². The molecule has 0 spiro atoms. The van der Waals surface area contributed by atoms with Crippen molar-refractivity contribution in [2.75, 3.05) is 13.2 Å². The van der Waals surface area contributed by atoms with Gasteiger partial charge in [-0.15, -0.1) is 0 Å². The summed E-state index contributed by atoms with van der Waals surface area (Å²) in [5.74, 6) is 0.0139. The predicted molar refractivity (Wildman–Crippen MR) is 59.3 cm³/mol. The topological polar surface area (TPSA) is 66.6 Å². The maximum atomic E-state index is 11.9. The van der Waals surface area contributed by atoms with Crippen LogP contribution in [0.4, 0.5) is 0 Å². The molecule has 0 aromatic rings. The zero-order valence-corrected chi connectivity index (χ0v) is 9.48. The van der Waals surface area contributed by atoms with E-state index in [0.717, 1.165) is 32.1 Å². The van der Waals surface area contributed by atoms with Crippen LogP contribution in [0.1, 0.15) is 39.0 Å². The summed E-state index contributed by atoms with van der Waals surface area (Å²) >= 11 is 0. The third-order valence-corrected chi connectivity index (χ3v) is 2.80. The van der Waals surface area contributed by atoms with Crippen LogP contribution >= 0.6 is 0 Å². The lowest BCUT2D eigenvalue weighted by Crippen LogP contribution is -2.46. The number of aliphatic hydroxyl groups is 1. The fourth-order valence-electron chi connectivity index (χ4n) is 1.73. The van der Waals surface area contributed by atoms with Crippen molar-refractivity contribution in [3.8, 4) is 0 Å². The Morgan fingerprint density at radius 2 is 2.27 bits per heavy atom. The van der Waals surface area contributed by atoms with Gasteiger partial charge in [0.2, 0.25) is 5.91 Å². The van der Waals surface area contributed by atoms with Crippen LogP contribution in [0.25, 0.3) is 0 Å². The van der Waals surface area contributed by atoms with Crippen LogP contribution in [-0.4, -0.2) is 41.1 Å². The number of nitrogens with zero attached hydrogens (tertiary/aromatic N) is 1. The molecule has 1 saturated carbocycles. The number of amides is 1. The second kappa shape index (κ2) is 6.08. The molecule has 3 N–H and O–H groups in total. The number of hydrogen-bond donors (Lipinski definition) is 2. The molecule has 1 unspecified atom stereocenters. The van der Waals surface area contributed by atoms with Crippen molar-refractivity contribution in [3.05, 3.63) is 0 Å². The molecule has 0 aliphatic heterocycles. The van der Waals surface area contributed by atoms with E-state index in [2.05, 4.69) is 6.92 Å². The number of aliphatic hydroxyl groups excluding tert-OH is 1. The van der Waals surface area contributed by atoms with Gasteiger partial charge in [-0.2, -0.15) is 0 Å². The Kier molecular flexibility index (Phi) is 5.05. The van der Waals surface area contributed by atoms with E-state index in [1.165, 1.54) is 0 Å². The Bertz CT molecular complexity index is 205. The van der Waals surface area contributed by atoms with Crippen molar-refractivity contribution >= 4 is 5.91 Å². The molecule has 4 nitrogen and oxygen atoms in total. The number of rotatable bonds is 7. The van der Waals surface area contributed by atoms with Gasteiger partial charge in [-0.3, -0.25) is 4.79 Å². The summed E-state index contributed by atoms with van der Waals surface area (Å²) < 4.78 is 0. The molecule has 0 bridgehead atoms. The monoisotopic (exact) mass is 214 g/mol. The van der Waals surface area contributed by atoms with E-state index in [-0.39, 0.29) is 18.6 Å². The molecule has 1 aliphatic rings. The lowest BCUT2D eigenvalue weighted by atomic mass is 10.1. The minimum absolute atomic E-state index is 0.0139. The maximum absolute atomic E-state index is 11.9. The van der Waals surface area contributed by atoms with Crippen molar-refractivity contribution in [2.45, 2.75) is 51.1 Å². The van der Waals surface area contributed by atoms with Crippen molar-refractivity contribution < 1.29 is 9.90 Å². The van der Waals surface area contributed by atoms with Crippen LogP contribution < -0.4 is 5.73 Å². The SMILES string of the molecule is CCCCC(N)C(=O)N(CCO)C1CC1. The van der Waals surface area contributed by atoms with E-state index in [9.17, 15) is 4.79 Å². The standard InChI is InChI=1S/C11H22N2O2/c1-2-3-4-10(12)11(15)13(7-8-14)9-5-6-9/h9-10,14H,2-8,12H2,1H3.